The predicted octanol–water partition coefficient (Wildman–Crippen LogP) is 3.80. The Morgan fingerprint density at radius 1 is 1.14 bits per heavy atom. The average molecular weight is 399 g/mol. The number of carbonyl (C=O) groups excluding carboxylic acids is 1. The van der Waals surface area contributed by atoms with Gasteiger partial charge in [0, 0.05) is 11.8 Å². The first-order valence-corrected chi connectivity index (χ1v) is 9.07. The fourth-order valence-electron chi connectivity index (χ4n) is 2.80. The lowest BCUT2D eigenvalue weighted by molar-refractivity contribution is 0.0527. The number of ether oxygens (including phenoxy) is 2. The van der Waals surface area contributed by atoms with Gasteiger partial charge in [-0.15, -0.1) is 0 Å². The van der Waals surface area contributed by atoms with E-state index in [9.17, 15) is 9.59 Å². The lowest BCUT2D eigenvalue weighted by atomic mass is 10.0. The van der Waals surface area contributed by atoms with E-state index in [1.807, 2.05) is 24.3 Å². The predicted molar refractivity (Wildman–Crippen MR) is 107 cm³/mol. The molecule has 144 valence electrons. The average Bonchev–Trinajstić information content (AvgIpc) is 2.71. The van der Waals surface area contributed by atoms with Crippen LogP contribution in [-0.4, -0.2) is 29.2 Å². The summed E-state index contributed by atoms with van der Waals surface area (Å²) in [5.74, 6) is 0.217. The summed E-state index contributed by atoms with van der Waals surface area (Å²) in [5.41, 5.74) is 1.31. The number of aromatic nitrogens is 2. The number of hydrogen-bond donors (Lipinski definition) is 0. The van der Waals surface area contributed by atoms with Crippen molar-refractivity contribution >= 4 is 17.6 Å². The van der Waals surface area contributed by atoms with E-state index < -0.39 is 5.97 Å². The molecule has 3 rings (SSSR count). The van der Waals surface area contributed by atoms with E-state index in [1.54, 1.807) is 38.3 Å². The van der Waals surface area contributed by atoms with Crippen molar-refractivity contribution in [3.63, 3.8) is 0 Å². The molecule has 2 aromatic carbocycles. The van der Waals surface area contributed by atoms with Crippen LogP contribution in [0.3, 0.4) is 0 Å². The molecular weight excluding hydrogens is 380 g/mol. The minimum Gasteiger partial charge on any atom is -0.497 e. The molecule has 0 fully saturated rings. The van der Waals surface area contributed by atoms with Crippen LogP contribution in [0.2, 0.25) is 5.15 Å². The molecule has 1 aromatic heterocycles. The van der Waals surface area contributed by atoms with Gasteiger partial charge in [-0.25, -0.2) is 9.78 Å². The number of nitrogens with zero attached hydrogens (tertiary/aromatic N) is 2. The molecule has 0 saturated carbocycles. The highest BCUT2D eigenvalue weighted by molar-refractivity contribution is 6.29. The molecule has 3 aromatic rings. The highest BCUT2D eigenvalue weighted by atomic mass is 35.5. The number of hydrogen-bond acceptors (Lipinski definition) is 5. The zero-order valence-corrected chi connectivity index (χ0v) is 16.3. The van der Waals surface area contributed by atoms with Crippen LogP contribution in [0.1, 0.15) is 22.8 Å². The molecular formula is C21H19ClN2O4. The first kappa shape index (κ1) is 19.6. The lowest BCUT2D eigenvalue weighted by Gasteiger charge is -2.12. The number of carbonyl (C=O) groups is 1. The molecule has 28 heavy (non-hydrogen) atoms. The summed E-state index contributed by atoms with van der Waals surface area (Å²) in [5, 5.41) is 0.154. The van der Waals surface area contributed by atoms with Crippen molar-refractivity contribution in [2.45, 2.75) is 13.5 Å². The summed E-state index contributed by atoms with van der Waals surface area (Å²) in [7, 11) is 1.59. The lowest BCUT2D eigenvalue weighted by Crippen LogP contribution is -2.24. The second kappa shape index (κ2) is 8.71. The van der Waals surface area contributed by atoms with Crippen molar-refractivity contribution in [3.05, 3.63) is 81.4 Å². The van der Waals surface area contributed by atoms with E-state index in [4.69, 9.17) is 21.1 Å². The molecule has 0 spiro atoms. The number of rotatable bonds is 6. The van der Waals surface area contributed by atoms with Gasteiger partial charge >= 0.3 is 5.97 Å². The quantitative estimate of drug-likeness (QED) is 0.591. The van der Waals surface area contributed by atoms with Crippen LogP contribution in [0.15, 0.2) is 59.5 Å². The molecule has 0 saturated heterocycles. The van der Waals surface area contributed by atoms with E-state index >= 15 is 0 Å². The molecule has 0 unspecified atom stereocenters. The fraction of sp³-hybridized carbons (Fsp3) is 0.190. The fourth-order valence-corrected chi connectivity index (χ4v) is 3.01. The van der Waals surface area contributed by atoms with E-state index in [0.29, 0.717) is 12.1 Å². The van der Waals surface area contributed by atoms with Gasteiger partial charge in [-0.05, 0) is 30.7 Å². The summed E-state index contributed by atoms with van der Waals surface area (Å²) in [6.07, 6.45) is 1.48. The third-order valence-corrected chi connectivity index (χ3v) is 4.32. The zero-order valence-electron chi connectivity index (χ0n) is 15.5. The van der Waals surface area contributed by atoms with E-state index in [1.165, 1.54) is 10.8 Å². The van der Waals surface area contributed by atoms with Crippen LogP contribution in [0.25, 0.3) is 11.3 Å². The van der Waals surface area contributed by atoms with Crippen molar-refractivity contribution in [2.75, 3.05) is 13.7 Å². The second-order valence-corrected chi connectivity index (χ2v) is 6.35. The summed E-state index contributed by atoms with van der Waals surface area (Å²) in [6, 6.07) is 14.1. The first-order valence-electron chi connectivity index (χ1n) is 8.70. The molecule has 0 radical (unpaired) electrons. The number of methoxy groups -OCH3 is 1. The third kappa shape index (κ3) is 4.23. The molecule has 0 amide bonds. The van der Waals surface area contributed by atoms with Crippen molar-refractivity contribution in [1.29, 1.82) is 0 Å². The standard InChI is InChI=1S/C21H19ClN2O4/c1-3-28-21(26)17-7-5-4-6-16(17)19-20(25)24(13-18(22)23-19)12-14-8-10-15(27-2)11-9-14/h4-11,13H,3,12H2,1-2H3. The van der Waals surface area contributed by atoms with Gasteiger partial charge in [0.25, 0.3) is 5.56 Å². The van der Waals surface area contributed by atoms with Gasteiger partial charge in [-0.3, -0.25) is 4.79 Å². The van der Waals surface area contributed by atoms with Gasteiger partial charge in [0.2, 0.25) is 0 Å². The number of esters is 1. The molecule has 0 N–H and O–H groups in total. The number of benzene rings is 2. The molecule has 7 heteroatoms. The molecule has 0 atom stereocenters. The SMILES string of the molecule is CCOC(=O)c1ccccc1-c1nc(Cl)cn(Cc2ccc(OC)cc2)c1=O. The Labute approximate surface area is 167 Å². The Balaban J connectivity index is 2.05. The van der Waals surface area contributed by atoms with Gasteiger partial charge in [-0.1, -0.05) is 41.9 Å². The first-order chi connectivity index (χ1) is 13.5. The molecule has 0 aliphatic rings. The topological polar surface area (TPSA) is 70.4 Å². The van der Waals surface area contributed by atoms with E-state index in [0.717, 1.165) is 11.3 Å². The maximum absolute atomic E-state index is 13.0. The van der Waals surface area contributed by atoms with Crippen LogP contribution < -0.4 is 10.3 Å². The maximum atomic E-state index is 13.0. The summed E-state index contributed by atoms with van der Waals surface area (Å²) in [4.78, 5) is 29.5. The zero-order chi connectivity index (χ0) is 20.1. The van der Waals surface area contributed by atoms with E-state index in [2.05, 4.69) is 4.98 Å². The Hall–Kier alpha value is -3.12. The summed E-state index contributed by atoms with van der Waals surface area (Å²) in [6.45, 7) is 2.26. The summed E-state index contributed by atoms with van der Waals surface area (Å²) < 4.78 is 11.7. The molecule has 0 bridgehead atoms. The normalized spacial score (nSPS) is 10.5. The molecule has 0 aliphatic heterocycles. The minimum absolute atomic E-state index is 0.102. The van der Waals surface area contributed by atoms with Gasteiger partial charge in [-0.2, -0.15) is 0 Å². The Kier molecular flexibility index (Phi) is 6.11. The molecule has 6 nitrogen and oxygen atoms in total. The van der Waals surface area contributed by atoms with Gasteiger partial charge in [0.1, 0.15) is 16.6 Å². The third-order valence-electron chi connectivity index (χ3n) is 4.13. The van der Waals surface area contributed by atoms with Gasteiger partial charge < -0.3 is 14.0 Å². The smallest absolute Gasteiger partial charge is 0.338 e. The van der Waals surface area contributed by atoms with Crippen molar-refractivity contribution in [2.24, 2.45) is 0 Å². The van der Waals surface area contributed by atoms with Crippen molar-refractivity contribution in [3.8, 4) is 17.0 Å². The summed E-state index contributed by atoms with van der Waals surface area (Å²) >= 11 is 6.17. The van der Waals surface area contributed by atoms with E-state index in [-0.39, 0.29) is 28.6 Å². The Bertz CT molecular complexity index is 1050. The Morgan fingerprint density at radius 3 is 2.54 bits per heavy atom. The van der Waals surface area contributed by atoms with Crippen molar-refractivity contribution in [1.82, 2.24) is 9.55 Å². The maximum Gasteiger partial charge on any atom is 0.338 e. The van der Waals surface area contributed by atoms with Gasteiger partial charge in [0.05, 0.1) is 25.8 Å². The van der Waals surface area contributed by atoms with Crippen molar-refractivity contribution < 1.29 is 14.3 Å². The minimum atomic E-state index is -0.513. The highest BCUT2D eigenvalue weighted by Crippen LogP contribution is 2.22. The van der Waals surface area contributed by atoms with Crippen LogP contribution in [-0.2, 0) is 11.3 Å². The molecule has 1 heterocycles. The Morgan fingerprint density at radius 2 is 1.86 bits per heavy atom. The largest absolute Gasteiger partial charge is 0.497 e. The van der Waals surface area contributed by atoms with Crippen LogP contribution >= 0.6 is 11.6 Å². The van der Waals surface area contributed by atoms with Crippen LogP contribution in [0, 0.1) is 0 Å². The van der Waals surface area contributed by atoms with Gasteiger partial charge in [0.15, 0.2) is 0 Å². The highest BCUT2D eigenvalue weighted by Gasteiger charge is 2.18. The number of halogens is 1. The monoisotopic (exact) mass is 398 g/mol. The van der Waals surface area contributed by atoms with Crippen LogP contribution in [0.4, 0.5) is 0 Å². The second-order valence-electron chi connectivity index (χ2n) is 5.96. The molecule has 0 aliphatic carbocycles. The van der Waals surface area contributed by atoms with Crippen LogP contribution in [0.5, 0.6) is 5.75 Å².